The molecule has 0 spiro atoms. The van der Waals surface area contributed by atoms with E-state index in [1.807, 2.05) is 31.5 Å². The van der Waals surface area contributed by atoms with Crippen molar-refractivity contribution in [2.24, 2.45) is 0 Å². The summed E-state index contributed by atoms with van der Waals surface area (Å²) in [5.41, 5.74) is 3.07. The fraction of sp³-hybridized carbons (Fsp3) is 0.429. The second-order valence-corrected chi connectivity index (χ2v) is 7.94. The summed E-state index contributed by atoms with van der Waals surface area (Å²) in [7, 11) is 1.89. The van der Waals surface area contributed by atoms with Crippen molar-refractivity contribution < 1.29 is 14.6 Å². The van der Waals surface area contributed by atoms with Crippen LogP contribution in [0.2, 0.25) is 0 Å². The molecule has 152 valence electrons. The summed E-state index contributed by atoms with van der Waals surface area (Å²) in [4.78, 5) is 9.44. The predicted octanol–water partition coefficient (Wildman–Crippen LogP) is 4.27. The van der Waals surface area contributed by atoms with Crippen LogP contribution in [0.3, 0.4) is 0 Å². The SMILES string of the molecule is CSN(C)c1nc(-c2ccc(F)cc2)c(/C=C/[C@@H](O)C[C@H](C)O)c(C(C)C)n1. The Bertz CT molecular complexity index is 810. The highest BCUT2D eigenvalue weighted by Gasteiger charge is 2.19. The number of hydrogen-bond acceptors (Lipinski definition) is 6. The predicted molar refractivity (Wildman–Crippen MR) is 115 cm³/mol. The van der Waals surface area contributed by atoms with Crippen molar-refractivity contribution in [1.29, 1.82) is 0 Å². The zero-order valence-electron chi connectivity index (χ0n) is 16.9. The molecule has 0 saturated carbocycles. The number of halogens is 1. The number of anilines is 1. The average Bonchev–Trinajstić information content (AvgIpc) is 2.65. The van der Waals surface area contributed by atoms with Crippen LogP contribution >= 0.6 is 11.9 Å². The number of hydrogen-bond donors (Lipinski definition) is 2. The zero-order valence-corrected chi connectivity index (χ0v) is 17.7. The van der Waals surface area contributed by atoms with Gasteiger partial charge < -0.3 is 10.2 Å². The van der Waals surface area contributed by atoms with E-state index in [4.69, 9.17) is 9.97 Å². The highest BCUT2D eigenvalue weighted by Crippen LogP contribution is 2.32. The van der Waals surface area contributed by atoms with E-state index in [1.54, 1.807) is 31.2 Å². The van der Waals surface area contributed by atoms with E-state index in [-0.39, 0.29) is 18.2 Å². The van der Waals surface area contributed by atoms with Gasteiger partial charge in [0.15, 0.2) is 0 Å². The van der Waals surface area contributed by atoms with Crippen LogP contribution in [0.25, 0.3) is 17.3 Å². The minimum absolute atomic E-state index is 0.116. The van der Waals surface area contributed by atoms with Crippen molar-refractivity contribution in [2.45, 2.75) is 45.3 Å². The fourth-order valence-corrected chi connectivity index (χ4v) is 3.01. The molecule has 1 heterocycles. The minimum Gasteiger partial charge on any atom is -0.393 e. The van der Waals surface area contributed by atoms with Crippen LogP contribution in [0.5, 0.6) is 0 Å². The van der Waals surface area contributed by atoms with E-state index in [0.717, 1.165) is 16.8 Å². The van der Waals surface area contributed by atoms with E-state index in [0.29, 0.717) is 11.6 Å². The van der Waals surface area contributed by atoms with Gasteiger partial charge in [-0.3, -0.25) is 4.31 Å². The minimum atomic E-state index is -0.783. The van der Waals surface area contributed by atoms with Crippen molar-refractivity contribution in [1.82, 2.24) is 9.97 Å². The van der Waals surface area contributed by atoms with Gasteiger partial charge in [-0.25, -0.2) is 14.4 Å². The molecule has 0 aliphatic heterocycles. The van der Waals surface area contributed by atoms with Gasteiger partial charge in [-0.05, 0) is 37.1 Å². The summed E-state index contributed by atoms with van der Waals surface area (Å²) < 4.78 is 15.3. The summed E-state index contributed by atoms with van der Waals surface area (Å²) in [6.07, 6.45) is 4.24. The Balaban J connectivity index is 2.64. The molecule has 5 nitrogen and oxygen atoms in total. The number of aromatic nitrogens is 2. The molecule has 0 aliphatic rings. The Morgan fingerprint density at radius 1 is 1.14 bits per heavy atom. The molecule has 1 aromatic carbocycles. The molecule has 2 atom stereocenters. The van der Waals surface area contributed by atoms with E-state index in [2.05, 4.69) is 0 Å². The van der Waals surface area contributed by atoms with Crippen LogP contribution in [0.15, 0.2) is 30.3 Å². The van der Waals surface area contributed by atoms with Crippen molar-refractivity contribution in [3.05, 3.63) is 47.4 Å². The first-order valence-corrected chi connectivity index (χ1v) is 10.4. The summed E-state index contributed by atoms with van der Waals surface area (Å²) in [5, 5.41) is 19.6. The smallest absolute Gasteiger partial charge is 0.236 e. The molecule has 0 unspecified atom stereocenters. The first kappa shape index (κ1) is 22.3. The highest BCUT2D eigenvalue weighted by molar-refractivity contribution is 7.99. The maximum Gasteiger partial charge on any atom is 0.236 e. The van der Waals surface area contributed by atoms with Crippen molar-refractivity contribution in [2.75, 3.05) is 17.6 Å². The topological polar surface area (TPSA) is 69.5 Å². The van der Waals surface area contributed by atoms with Gasteiger partial charge in [0.2, 0.25) is 5.95 Å². The van der Waals surface area contributed by atoms with Gasteiger partial charge in [-0.15, -0.1) is 0 Å². The van der Waals surface area contributed by atoms with Gasteiger partial charge in [-0.1, -0.05) is 37.9 Å². The monoisotopic (exact) mass is 405 g/mol. The van der Waals surface area contributed by atoms with Crippen LogP contribution in [-0.2, 0) is 0 Å². The van der Waals surface area contributed by atoms with E-state index in [1.165, 1.54) is 24.1 Å². The molecular weight excluding hydrogens is 377 g/mol. The number of rotatable bonds is 8. The number of benzene rings is 1. The molecule has 2 rings (SSSR count). The van der Waals surface area contributed by atoms with Crippen molar-refractivity contribution in [3.8, 4) is 11.3 Å². The molecule has 0 saturated heterocycles. The normalized spacial score (nSPS) is 13.9. The van der Waals surface area contributed by atoms with Gasteiger partial charge in [0.25, 0.3) is 0 Å². The molecule has 7 heteroatoms. The molecule has 0 bridgehead atoms. The number of aliphatic hydroxyl groups excluding tert-OH is 2. The summed E-state index contributed by atoms with van der Waals surface area (Å²) in [6, 6.07) is 6.18. The summed E-state index contributed by atoms with van der Waals surface area (Å²) >= 11 is 1.50. The molecule has 28 heavy (non-hydrogen) atoms. The lowest BCUT2D eigenvalue weighted by atomic mass is 9.97. The largest absolute Gasteiger partial charge is 0.393 e. The van der Waals surface area contributed by atoms with Crippen molar-refractivity contribution in [3.63, 3.8) is 0 Å². The van der Waals surface area contributed by atoms with E-state index >= 15 is 0 Å². The Hall–Kier alpha value is -1.96. The number of nitrogens with zero attached hydrogens (tertiary/aromatic N) is 3. The molecule has 0 radical (unpaired) electrons. The molecule has 1 aromatic heterocycles. The summed E-state index contributed by atoms with van der Waals surface area (Å²) in [6.45, 7) is 5.73. The second-order valence-electron chi connectivity index (χ2n) is 7.02. The quantitative estimate of drug-likeness (QED) is 0.640. The van der Waals surface area contributed by atoms with Crippen LogP contribution < -0.4 is 4.31 Å². The van der Waals surface area contributed by atoms with Crippen LogP contribution in [0.1, 0.15) is 44.4 Å². The van der Waals surface area contributed by atoms with E-state index < -0.39 is 12.2 Å². The van der Waals surface area contributed by atoms with Gasteiger partial charge in [0, 0.05) is 30.9 Å². The lowest BCUT2D eigenvalue weighted by Gasteiger charge is -2.20. The lowest BCUT2D eigenvalue weighted by Crippen LogP contribution is -2.14. The van der Waals surface area contributed by atoms with Crippen molar-refractivity contribution >= 4 is 24.0 Å². The molecule has 0 amide bonds. The van der Waals surface area contributed by atoms with Gasteiger partial charge in [0.05, 0.1) is 23.6 Å². The Morgan fingerprint density at radius 2 is 1.79 bits per heavy atom. The molecule has 0 aliphatic carbocycles. The Morgan fingerprint density at radius 3 is 2.32 bits per heavy atom. The summed E-state index contributed by atoms with van der Waals surface area (Å²) in [5.74, 6) is 0.370. The van der Waals surface area contributed by atoms with Crippen LogP contribution in [0, 0.1) is 5.82 Å². The second kappa shape index (κ2) is 10.0. The van der Waals surface area contributed by atoms with Gasteiger partial charge in [-0.2, -0.15) is 0 Å². The molecule has 2 N–H and O–H groups in total. The Kier molecular flexibility index (Phi) is 7.98. The average molecular weight is 406 g/mol. The van der Waals surface area contributed by atoms with Crippen LogP contribution in [-0.4, -0.2) is 45.7 Å². The zero-order chi connectivity index (χ0) is 20.8. The third-order valence-electron chi connectivity index (χ3n) is 4.25. The lowest BCUT2D eigenvalue weighted by molar-refractivity contribution is 0.117. The first-order chi connectivity index (χ1) is 13.2. The maximum atomic E-state index is 13.4. The maximum absolute atomic E-state index is 13.4. The standard InChI is InChI=1S/C21H28FN3O2S/c1-13(2)19-18(11-10-17(27)12-14(3)26)20(15-6-8-16(22)9-7-15)24-21(23-19)25(4)28-5/h6-11,13-14,17,26-27H,12H2,1-5H3/b11-10+/t14-,17+/m0/s1. The van der Waals surface area contributed by atoms with Crippen LogP contribution in [0.4, 0.5) is 10.3 Å². The fourth-order valence-electron chi connectivity index (χ4n) is 2.76. The molecular formula is C21H28FN3O2S. The van der Waals surface area contributed by atoms with Gasteiger partial charge >= 0.3 is 0 Å². The van der Waals surface area contributed by atoms with E-state index in [9.17, 15) is 14.6 Å². The first-order valence-electron chi connectivity index (χ1n) is 9.23. The third kappa shape index (κ3) is 5.77. The molecule has 0 fully saturated rings. The Labute approximate surface area is 170 Å². The highest BCUT2D eigenvalue weighted by atomic mass is 32.2. The third-order valence-corrected chi connectivity index (χ3v) is 4.96. The van der Waals surface area contributed by atoms with Gasteiger partial charge in [0.1, 0.15) is 5.82 Å². The number of aliphatic hydroxyl groups is 2. The molecule has 2 aromatic rings.